The largest absolute Gasteiger partial charge is 0.508 e. The predicted octanol–water partition coefficient (Wildman–Crippen LogP) is 4.25. The Morgan fingerprint density at radius 2 is 2.06 bits per heavy atom. The van der Waals surface area contributed by atoms with Crippen LogP contribution in [0.4, 0.5) is 5.69 Å². The van der Waals surface area contributed by atoms with Gasteiger partial charge < -0.3 is 10.4 Å². The van der Waals surface area contributed by atoms with E-state index in [0.717, 1.165) is 23.0 Å². The van der Waals surface area contributed by atoms with Crippen LogP contribution in [0.3, 0.4) is 0 Å². The number of hydrogen-bond donors (Lipinski definition) is 2. The molecule has 0 heterocycles. The topological polar surface area (TPSA) is 32.3 Å². The molecule has 1 aliphatic carbocycles. The molecule has 0 saturated heterocycles. The zero-order valence-electron chi connectivity index (χ0n) is 9.86. The Labute approximate surface area is 115 Å². The van der Waals surface area contributed by atoms with Gasteiger partial charge in [-0.3, -0.25) is 0 Å². The Kier molecular flexibility index (Phi) is 3.00. The number of fused-ring (bicyclic) bond motifs is 1. The van der Waals surface area contributed by atoms with Crippen molar-refractivity contribution in [1.29, 1.82) is 0 Å². The lowest BCUT2D eigenvalue weighted by atomic mass is 10.1. The van der Waals surface area contributed by atoms with Crippen LogP contribution in [-0.2, 0) is 6.42 Å². The van der Waals surface area contributed by atoms with E-state index in [0.29, 0.717) is 11.8 Å². The molecule has 1 unspecified atom stereocenters. The molecule has 1 atom stereocenters. The van der Waals surface area contributed by atoms with Crippen LogP contribution >= 0.6 is 15.9 Å². The molecule has 0 spiro atoms. The third-order valence-electron chi connectivity index (χ3n) is 3.37. The highest BCUT2D eigenvalue weighted by Gasteiger charge is 2.22. The van der Waals surface area contributed by atoms with E-state index in [2.05, 4.69) is 39.4 Å². The molecule has 3 heteroatoms. The van der Waals surface area contributed by atoms with Crippen LogP contribution < -0.4 is 5.32 Å². The van der Waals surface area contributed by atoms with Crippen molar-refractivity contribution >= 4 is 21.6 Å². The Morgan fingerprint density at radius 3 is 2.89 bits per heavy atom. The maximum atomic E-state index is 9.47. The van der Waals surface area contributed by atoms with Crippen molar-refractivity contribution in [3.8, 4) is 5.75 Å². The monoisotopic (exact) mass is 303 g/mol. The third-order valence-corrected chi connectivity index (χ3v) is 3.86. The lowest BCUT2D eigenvalue weighted by Gasteiger charge is -2.15. The smallest absolute Gasteiger partial charge is 0.117 e. The van der Waals surface area contributed by atoms with Crippen molar-refractivity contribution in [3.05, 3.63) is 58.1 Å². The minimum absolute atomic E-state index is 0.300. The molecule has 18 heavy (non-hydrogen) atoms. The minimum Gasteiger partial charge on any atom is -0.508 e. The first kappa shape index (κ1) is 11.6. The summed E-state index contributed by atoms with van der Waals surface area (Å²) in [5.41, 5.74) is 3.74. The number of hydrogen-bond acceptors (Lipinski definition) is 2. The maximum absolute atomic E-state index is 9.47. The molecule has 0 bridgehead atoms. The summed E-state index contributed by atoms with van der Waals surface area (Å²) >= 11 is 3.51. The molecule has 0 radical (unpaired) electrons. The van der Waals surface area contributed by atoms with E-state index < -0.39 is 0 Å². The van der Waals surface area contributed by atoms with E-state index in [1.54, 1.807) is 12.1 Å². The van der Waals surface area contributed by atoms with E-state index in [1.165, 1.54) is 11.1 Å². The first-order chi connectivity index (χ1) is 8.72. The molecule has 2 nitrogen and oxygen atoms in total. The van der Waals surface area contributed by atoms with E-state index in [4.69, 9.17) is 0 Å². The quantitative estimate of drug-likeness (QED) is 0.869. The number of phenolic OH excluding ortho intramolecular Hbond substituents is 1. The molecule has 0 fully saturated rings. The minimum atomic E-state index is 0.300. The molecule has 92 valence electrons. The normalized spacial score (nSPS) is 17.5. The molecule has 0 aromatic heterocycles. The van der Waals surface area contributed by atoms with Crippen molar-refractivity contribution in [3.63, 3.8) is 0 Å². The van der Waals surface area contributed by atoms with Gasteiger partial charge in [0.25, 0.3) is 0 Å². The van der Waals surface area contributed by atoms with Crippen molar-refractivity contribution in [1.82, 2.24) is 0 Å². The van der Waals surface area contributed by atoms with Crippen LogP contribution in [0.2, 0.25) is 0 Å². The summed E-state index contributed by atoms with van der Waals surface area (Å²) < 4.78 is 1.14. The second kappa shape index (κ2) is 4.65. The Balaban J connectivity index is 1.85. The Hall–Kier alpha value is -1.48. The number of rotatable bonds is 2. The van der Waals surface area contributed by atoms with Crippen molar-refractivity contribution in [2.45, 2.75) is 18.9 Å². The highest BCUT2D eigenvalue weighted by molar-refractivity contribution is 9.10. The standard InChI is InChI=1S/C15H14BrNO/c16-11-5-6-14-10(8-11)4-7-15(14)17-12-2-1-3-13(18)9-12/h1-3,5-6,8-9,15,17-18H,4,7H2. The van der Waals surface area contributed by atoms with E-state index >= 15 is 0 Å². The summed E-state index contributed by atoms with van der Waals surface area (Å²) in [6.45, 7) is 0. The molecule has 3 rings (SSSR count). The second-order valence-corrected chi connectivity index (χ2v) is 5.54. The summed E-state index contributed by atoms with van der Waals surface area (Å²) in [5.74, 6) is 0.300. The number of benzene rings is 2. The van der Waals surface area contributed by atoms with Crippen LogP contribution in [0.5, 0.6) is 5.75 Å². The lowest BCUT2D eigenvalue weighted by Crippen LogP contribution is -2.06. The first-order valence-electron chi connectivity index (χ1n) is 6.06. The van der Waals surface area contributed by atoms with Gasteiger partial charge in [0.05, 0.1) is 6.04 Å². The lowest BCUT2D eigenvalue weighted by molar-refractivity contribution is 0.475. The Morgan fingerprint density at radius 1 is 1.17 bits per heavy atom. The van der Waals surface area contributed by atoms with Gasteiger partial charge >= 0.3 is 0 Å². The zero-order chi connectivity index (χ0) is 12.5. The van der Waals surface area contributed by atoms with E-state index in [9.17, 15) is 5.11 Å². The third kappa shape index (κ3) is 2.23. The van der Waals surface area contributed by atoms with E-state index in [-0.39, 0.29) is 0 Å². The molecular formula is C15H14BrNO. The van der Waals surface area contributed by atoms with Gasteiger partial charge in [-0.2, -0.15) is 0 Å². The van der Waals surface area contributed by atoms with Crippen LogP contribution in [0.25, 0.3) is 0 Å². The highest BCUT2D eigenvalue weighted by atomic mass is 79.9. The summed E-state index contributed by atoms with van der Waals surface area (Å²) in [7, 11) is 0. The predicted molar refractivity (Wildman–Crippen MR) is 76.9 cm³/mol. The van der Waals surface area contributed by atoms with Crippen LogP contribution in [0, 0.1) is 0 Å². The number of aromatic hydroxyl groups is 1. The summed E-state index contributed by atoms with van der Waals surface area (Å²) in [5, 5.41) is 13.0. The highest BCUT2D eigenvalue weighted by Crippen LogP contribution is 2.35. The molecule has 2 aromatic carbocycles. The van der Waals surface area contributed by atoms with Gasteiger partial charge in [-0.25, -0.2) is 0 Å². The second-order valence-electron chi connectivity index (χ2n) is 4.63. The number of nitrogens with one attached hydrogen (secondary N) is 1. The van der Waals surface area contributed by atoms with E-state index in [1.807, 2.05) is 12.1 Å². The van der Waals surface area contributed by atoms with Gasteiger partial charge in [0, 0.05) is 16.2 Å². The van der Waals surface area contributed by atoms with Crippen LogP contribution in [0.1, 0.15) is 23.6 Å². The van der Waals surface area contributed by atoms with Gasteiger partial charge in [-0.05, 0) is 48.2 Å². The number of aryl methyl sites for hydroxylation is 1. The van der Waals surface area contributed by atoms with Crippen LogP contribution in [0.15, 0.2) is 46.9 Å². The number of anilines is 1. The van der Waals surface area contributed by atoms with Gasteiger partial charge in [-0.15, -0.1) is 0 Å². The average Bonchev–Trinajstić information content (AvgIpc) is 2.72. The first-order valence-corrected chi connectivity index (χ1v) is 6.85. The molecular weight excluding hydrogens is 290 g/mol. The summed E-state index contributed by atoms with van der Waals surface area (Å²) in [6, 6.07) is 14.1. The van der Waals surface area contributed by atoms with Crippen molar-refractivity contribution in [2.75, 3.05) is 5.32 Å². The van der Waals surface area contributed by atoms with Gasteiger partial charge in [0.1, 0.15) is 5.75 Å². The number of phenols is 1. The fraction of sp³-hybridized carbons (Fsp3) is 0.200. The van der Waals surface area contributed by atoms with Gasteiger partial charge in [0.2, 0.25) is 0 Å². The van der Waals surface area contributed by atoms with Crippen molar-refractivity contribution in [2.24, 2.45) is 0 Å². The maximum Gasteiger partial charge on any atom is 0.117 e. The Bertz CT molecular complexity index is 582. The summed E-state index contributed by atoms with van der Waals surface area (Å²) in [6.07, 6.45) is 2.20. The van der Waals surface area contributed by atoms with Crippen LogP contribution in [-0.4, -0.2) is 5.11 Å². The molecule has 2 N–H and O–H groups in total. The molecule has 2 aromatic rings. The summed E-state index contributed by atoms with van der Waals surface area (Å²) in [4.78, 5) is 0. The SMILES string of the molecule is Oc1cccc(NC2CCc3cc(Br)ccc32)c1. The fourth-order valence-corrected chi connectivity index (χ4v) is 2.94. The molecule has 1 aliphatic rings. The average molecular weight is 304 g/mol. The fourth-order valence-electron chi connectivity index (χ4n) is 2.53. The molecule has 0 amide bonds. The molecule has 0 saturated carbocycles. The van der Waals surface area contributed by atoms with Crippen molar-refractivity contribution < 1.29 is 5.11 Å². The van der Waals surface area contributed by atoms with Gasteiger partial charge in [0.15, 0.2) is 0 Å². The van der Waals surface area contributed by atoms with Gasteiger partial charge in [-0.1, -0.05) is 28.1 Å². The number of halogens is 1. The zero-order valence-corrected chi connectivity index (χ0v) is 11.4. The molecule has 0 aliphatic heterocycles.